The van der Waals surface area contributed by atoms with Gasteiger partial charge in [0, 0.05) is 11.4 Å². The number of esters is 1. The predicted octanol–water partition coefficient (Wildman–Crippen LogP) is 3.29. The summed E-state index contributed by atoms with van der Waals surface area (Å²) in [5.74, 6) is -1.69. The quantitative estimate of drug-likeness (QED) is 0.710. The van der Waals surface area contributed by atoms with Crippen molar-refractivity contribution in [3.8, 4) is 0 Å². The first kappa shape index (κ1) is 21.7. The van der Waals surface area contributed by atoms with Gasteiger partial charge in [-0.15, -0.1) is 0 Å². The molecule has 5 nitrogen and oxygen atoms in total. The van der Waals surface area contributed by atoms with Crippen molar-refractivity contribution in [2.45, 2.75) is 24.7 Å². The van der Waals surface area contributed by atoms with Crippen LogP contribution in [0.25, 0.3) is 0 Å². The molecule has 0 aromatic heterocycles. The Morgan fingerprint density at radius 1 is 1.18 bits per heavy atom. The summed E-state index contributed by atoms with van der Waals surface area (Å²) in [6.07, 6.45) is -6.23. The van der Waals surface area contributed by atoms with Gasteiger partial charge in [-0.3, -0.25) is 4.79 Å². The van der Waals surface area contributed by atoms with Crippen LogP contribution in [0.5, 0.6) is 0 Å². The maximum Gasteiger partial charge on any atom is 0.416 e. The van der Waals surface area contributed by atoms with Gasteiger partial charge in [-0.25, -0.2) is 4.79 Å². The molecule has 0 aliphatic heterocycles. The minimum absolute atomic E-state index is 0.0446. The largest absolute Gasteiger partial charge is 0.467 e. The Morgan fingerprint density at radius 3 is 2.36 bits per heavy atom. The highest BCUT2D eigenvalue weighted by Gasteiger charge is 2.31. The molecule has 0 fully saturated rings. The van der Waals surface area contributed by atoms with Gasteiger partial charge in [-0.2, -0.15) is 13.2 Å². The minimum atomic E-state index is -4.53. The lowest BCUT2D eigenvalue weighted by Gasteiger charge is -2.19. The second kappa shape index (κ2) is 9.07. The van der Waals surface area contributed by atoms with Crippen LogP contribution in [-0.4, -0.2) is 30.1 Å². The summed E-state index contributed by atoms with van der Waals surface area (Å²) in [6.45, 7) is 0. The molecule has 0 heterocycles. The van der Waals surface area contributed by atoms with Crippen LogP contribution in [0.2, 0.25) is 5.02 Å². The Hall–Kier alpha value is -2.58. The third-order valence-corrected chi connectivity index (χ3v) is 4.17. The molecule has 2 atom stereocenters. The number of aliphatic hydroxyl groups excluding tert-OH is 1. The second-order valence-corrected chi connectivity index (χ2v) is 6.38. The molecule has 0 saturated heterocycles. The van der Waals surface area contributed by atoms with Crippen LogP contribution in [0.15, 0.2) is 48.5 Å². The highest BCUT2D eigenvalue weighted by atomic mass is 35.5. The van der Waals surface area contributed by atoms with Gasteiger partial charge in [-0.1, -0.05) is 35.9 Å². The number of hydrogen-bond donors (Lipinski definition) is 2. The molecular formula is C19H17ClF3NO4. The van der Waals surface area contributed by atoms with E-state index in [-0.39, 0.29) is 12.0 Å². The van der Waals surface area contributed by atoms with Crippen molar-refractivity contribution in [3.63, 3.8) is 0 Å². The highest BCUT2D eigenvalue weighted by Crippen LogP contribution is 2.30. The fourth-order valence-electron chi connectivity index (χ4n) is 2.49. The molecule has 9 heteroatoms. The molecule has 2 aromatic rings. The molecule has 2 rings (SSSR count). The number of halogens is 4. The summed E-state index contributed by atoms with van der Waals surface area (Å²) in [4.78, 5) is 24.3. The van der Waals surface area contributed by atoms with Crippen LogP contribution >= 0.6 is 11.6 Å². The highest BCUT2D eigenvalue weighted by molar-refractivity contribution is 6.30. The van der Waals surface area contributed by atoms with Crippen LogP contribution in [0.3, 0.4) is 0 Å². The Labute approximate surface area is 164 Å². The Balaban J connectivity index is 2.12. The molecule has 1 amide bonds. The van der Waals surface area contributed by atoms with E-state index in [0.717, 1.165) is 31.4 Å². The number of aliphatic hydroxyl groups is 1. The average Bonchev–Trinajstić information content (AvgIpc) is 2.65. The van der Waals surface area contributed by atoms with Gasteiger partial charge in [0.25, 0.3) is 5.91 Å². The van der Waals surface area contributed by atoms with E-state index in [2.05, 4.69) is 10.1 Å². The maximum atomic E-state index is 12.6. The number of methoxy groups -OCH3 is 1. The number of hydrogen-bond acceptors (Lipinski definition) is 4. The molecule has 2 aromatic carbocycles. The zero-order valence-corrected chi connectivity index (χ0v) is 15.4. The smallest absolute Gasteiger partial charge is 0.416 e. The predicted molar refractivity (Wildman–Crippen MR) is 95.5 cm³/mol. The number of rotatable bonds is 6. The van der Waals surface area contributed by atoms with Crippen LogP contribution in [-0.2, 0) is 26.9 Å². The standard InChI is InChI=1S/C19H17ClF3NO4/c1-28-18(27)15(10-11-3-2-4-14(20)9-11)24-17(26)16(25)12-5-7-13(8-6-12)19(21,22)23/h2-9,15-16,25H,10H2,1H3,(H,24,26)/t15-,16-/m1/s1. The van der Waals surface area contributed by atoms with Gasteiger partial charge in [0.15, 0.2) is 6.10 Å². The van der Waals surface area contributed by atoms with Gasteiger partial charge in [-0.05, 0) is 35.4 Å². The third-order valence-electron chi connectivity index (χ3n) is 3.93. The van der Waals surface area contributed by atoms with Crippen LogP contribution in [0, 0.1) is 0 Å². The van der Waals surface area contributed by atoms with Crippen molar-refractivity contribution in [2.75, 3.05) is 7.11 Å². The number of alkyl halides is 3. The van der Waals surface area contributed by atoms with E-state index in [1.54, 1.807) is 24.3 Å². The number of amides is 1. The molecule has 0 radical (unpaired) electrons. The summed E-state index contributed by atoms with van der Waals surface area (Å²) in [6, 6.07) is 9.02. The maximum absolute atomic E-state index is 12.6. The number of nitrogens with one attached hydrogen (secondary N) is 1. The first-order chi connectivity index (χ1) is 13.1. The lowest BCUT2D eigenvalue weighted by Crippen LogP contribution is -2.45. The zero-order chi connectivity index (χ0) is 20.9. The van der Waals surface area contributed by atoms with Crippen molar-refractivity contribution >= 4 is 23.5 Å². The normalized spacial score (nSPS) is 13.5. The van der Waals surface area contributed by atoms with E-state index in [0.29, 0.717) is 10.6 Å². The number of carbonyl (C=O) groups is 2. The molecule has 0 saturated carbocycles. The third kappa shape index (κ3) is 5.71. The van der Waals surface area contributed by atoms with Gasteiger partial charge in [0.1, 0.15) is 6.04 Å². The summed E-state index contributed by atoms with van der Waals surface area (Å²) >= 11 is 5.90. The zero-order valence-electron chi connectivity index (χ0n) is 14.7. The van der Waals surface area contributed by atoms with Crippen LogP contribution in [0.4, 0.5) is 13.2 Å². The molecular weight excluding hydrogens is 399 g/mol. The number of ether oxygens (including phenoxy) is 1. The first-order valence-electron chi connectivity index (χ1n) is 8.09. The SMILES string of the molecule is COC(=O)[C@@H](Cc1cccc(Cl)c1)NC(=O)[C@H](O)c1ccc(C(F)(F)F)cc1. The lowest BCUT2D eigenvalue weighted by molar-refractivity contribution is -0.146. The van der Waals surface area contributed by atoms with Gasteiger partial charge >= 0.3 is 12.1 Å². The lowest BCUT2D eigenvalue weighted by atomic mass is 10.0. The van der Waals surface area contributed by atoms with Gasteiger partial charge in [0.05, 0.1) is 12.7 Å². The minimum Gasteiger partial charge on any atom is -0.467 e. The van der Waals surface area contributed by atoms with E-state index < -0.39 is 35.8 Å². The molecule has 28 heavy (non-hydrogen) atoms. The van der Waals surface area contributed by atoms with Crippen molar-refractivity contribution in [1.82, 2.24) is 5.32 Å². The Bertz CT molecular complexity index is 840. The van der Waals surface area contributed by atoms with Crippen LogP contribution < -0.4 is 5.32 Å². The monoisotopic (exact) mass is 415 g/mol. The molecule has 0 aliphatic carbocycles. The summed E-state index contributed by atoms with van der Waals surface area (Å²) in [5, 5.41) is 12.9. The van der Waals surface area contributed by atoms with E-state index in [4.69, 9.17) is 11.6 Å². The fraction of sp³-hybridized carbons (Fsp3) is 0.263. The van der Waals surface area contributed by atoms with Crippen LogP contribution in [0.1, 0.15) is 22.8 Å². The van der Waals surface area contributed by atoms with E-state index in [9.17, 15) is 27.9 Å². The van der Waals surface area contributed by atoms with Crippen molar-refractivity contribution in [1.29, 1.82) is 0 Å². The van der Waals surface area contributed by atoms with E-state index in [1.165, 1.54) is 0 Å². The average molecular weight is 416 g/mol. The number of carbonyl (C=O) groups excluding carboxylic acids is 2. The molecule has 2 N–H and O–H groups in total. The first-order valence-corrected chi connectivity index (χ1v) is 8.47. The number of benzene rings is 2. The Morgan fingerprint density at radius 2 is 1.82 bits per heavy atom. The molecule has 0 bridgehead atoms. The van der Waals surface area contributed by atoms with Crippen molar-refractivity contribution < 1.29 is 32.6 Å². The summed E-state index contributed by atoms with van der Waals surface area (Å²) in [5.41, 5.74) is -0.304. The summed E-state index contributed by atoms with van der Waals surface area (Å²) in [7, 11) is 1.14. The summed E-state index contributed by atoms with van der Waals surface area (Å²) < 4.78 is 42.5. The van der Waals surface area contributed by atoms with Crippen molar-refractivity contribution in [3.05, 3.63) is 70.2 Å². The fourth-order valence-corrected chi connectivity index (χ4v) is 2.70. The molecule has 0 unspecified atom stereocenters. The molecule has 0 spiro atoms. The van der Waals surface area contributed by atoms with E-state index in [1.807, 2.05) is 0 Å². The Kier molecular flexibility index (Phi) is 7.04. The van der Waals surface area contributed by atoms with Crippen molar-refractivity contribution in [2.24, 2.45) is 0 Å². The molecule has 150 valence electrons. The van der Waals surface area contributed by atoms with Gasteiger partial charge in [0.2, 0.25) is 0 Å². The second-order valence-electron chi connectivity index (χ2n) is 5.94. The molecule has 0 aliphatic rings. The topological polar surface area (TPSA) is 75.6 Å². The van der Waals surface area contributed by atoms with E-state index >= 15 is 0 Å². The van der Waals surface area contributed by atoms with Gasteiger partial charge < -0.3 is 15.2 Å².